The number of carbonyl (C=O) groups is 1. The molecule has 1 rings (SSSR count). The summed E-state index contributed by atoms with van der Waals surface area (Å²) in [5.74, 6) is -0.290. The van der Waals surface area contributed by atoms with Crippen molar-refractivity contribution in [1.82, 2.24) is 5.43 Å². The summed E-state index contributed by atoms with van der Waals surface area (Å²) in [4.78, 5) is 14.5. The van der Waals surface area contributed by atoms with E-state index in [4.69, 9.17) is 5.53 Å². The van der Waals surface area contributed by atoms with Crippen LogP contribution in [0.5, 0.6) is 0 Å². The summed E-state index contributed by atoms with van der Waals surface area (Å²) < 4.78 is 0. The van der Waals surface area contributed by atoms with E-state index < -0.39 is 0 Å². The summed E-state index contributed by atoms with van der Waals surface area (Å²) in [5.41, 5.74) is 12.7. The zero-order valence-electron chi connectivity index (χ0n) is 11.4. The van der Waals surface area contributed by atoms with E-state index in [1.807, 2.05) is 0 Å². The molecule has 0 spiro atoms. The first kappa shape index (κ1) is 15.5. The summed E-state index contributed by atoms with van der Waals surface area (Å²) >= 11 is 0. The Labute approximate surface area is 117 Å². The SMILES string of the molecule is C=CC(=O)c1cccc(/C=N/NCCCC)c1N=[N+]=[N-]. The van der Waals surface area contributed by atoms with Gasteiger partial charge in [-0.1, -0.05) is 43.2 Å². The van der Waals surface area contributed by atoms with Gasteiger partial charge >= 0.3 is 0 Å². The van der Waals surface area contributed by atoms with Crippen LogP contribution in [0.4, 0.5) is 5.69 Å². The van der Waals surface area contributed by atoms with Crippen LogP contribution in [0.1, 0.15) is 35.7 Å². The number of benzene rings is 1. The highest BCUT2D eigenvalue weighted by Gasteiger charge is 2.10. The summed E-state index contributed by atoms with van der Waals surface area (Å²) in [6, 6.07) is 5.03. The highest BCUT2D eigenvalue weighted by Crippen LogP contribution is 2.24. The van der Waals surface area contributed by atoms with E-state index in [0.29, 0.717) is 11.1 Å². The van der Waals surface area contributed by atoms with Gasteiger partial charge in [-0.15, -0.1) is 0 Å². The Hall–Kier alpha value is -2.59. The Morgan fingerprint density at radius 1 is 1.55 bits per heavy atom. The minimum absolute atomic E-state index is 0.265. The molecule has 1 aromatic carbocycles. The maximum atomic E-state index is 11.7. The zero-order chi connectivity index (χ0) is 14.8. The first-order valence-electron chi connectivity index (χ1n) is 6.35. The second kappa shape index (κ2) is 8.50. The normalized spacial score (nSPS) is 10.1. The highest BCUT2D eigenvalue weighted by atomic mass is 16.1. The topological polar surface area (TPSA) is 90.2 Å². The van der Waals surface area contributed by atoms with E-state index in [2.05, 4.69) is 34.1 Å². The third kappa shape index (κ3) is 4.26. The van der Waals surface area contributed by atoms with Crippen molar-refractivity contribution in [3.63, 3.8) is 0 Å². The molecule has 104 valence electrons. The lowest BCUT2D eigenvalue weighted by atomic mass is 10.0. The number of unbranched alkanes of at least 4 members (excludes halogenated alkanes) is 1. The molecular weight excluding hydrogens is 254 g/mol. The second-order valence-electron chi connectivity index (χ2n) is 4.02. The minimum atomic E-state index is -0.290. The van der Waals surface area contributed by atoms with Crippen LogP contribution in [0.15, 0.2) is 41.1 Å². The van der Waals surface area contributed by atoms with Crippen molar-refractivity contribution in [2.24, 2.45) is 10.2 Å². The van der Waals surface area contributed by atoms with Gasteiger partial charge in [0, 0.05) is 22.6 Å². The highest BCUT2D eigenvalue weighted by molar-refractivity contribution is 6.09. The van der Waals surface area contributed by atoms with Crippen LogP contribution >= 0.6 is 0 Å². The van der Waals surface area contributed by atoms with Gasteiger partial charge < -0.3 is 5.43 Å². The molecule has 0 aliphatic carbocycles. The zero-order valence-corrected chi connectivity index (χ0v) is 11.4. The van der Waals surface area contributed by atoms with E-state index in [1.54, 1.807) is 24.4 Å². The standard InChI is InChI=1S/C14H17N5O/c1-3-5-9-16-17-10-11-7-6-8-12(13(20)4-2)14(11)18-19-15/h4,6-8,10,16H,2-3,5,9H2,1H3/b17-10+. The molecule has 0 bridgehead atoms. The average molecular weight is 271 g/mol. The quantitative estimate of drug-likeness (QED) is 0.114. The number of carbonyl (C=O) groups excluding carboxylic acids is 1. The van der Waals surface area contributed by atoms with E-state index in [1.165, 1.54) is 6.08 Å². The fourth-order valence-corrected chi connectivity index (χ4v) is 1.57. The molecule has 0 amide bonds. The van der Waals surface area contributed by atoms with Crippen LogP contribution in [0, 0.1) is 0 Å². The fraction of sp³-hybridized carbons (Fsp3) is 0.286. The van der Waals surface area contributed by atoms with Crippen molar-refractivity contribution < 1.29 is 4.79 Å². The van der Waals surface area contributed by atoms with Crippen molar-refractivity contribution in [3.05, 3.63) is 52.4 Å². The number of hydrogen-bond acceptors (Lipinski definition) is 4. The van der Waals surface area contributed by atoms with Gasteiger partial charge in [-0.2, -0.15) is 5.10 Å². The van der Waals surface area contributed by atoms with E-state index in [-0.39, 0.29) is 11.5 Å². The predicted octanol–water partition coefficient (Wildman–Crippen LogP) is 3.72. The first-order chi connectivity index (χ1) is 9.74. The molecule has 6 nitrogen and oxygen atoms in total. The molecule has 20 heavy (non-hydrogen) atoms. The summed E-state index contributed by atoms with van der Waals surface area (Å²) in [5, 5.41) is 7.64. The maximum Gasteiger partial charge on any atom is 0.185 e. The van der Waals surface area contributed by atoms with Crippen LogP contribution < -0.4 is 5.43 Å². The second-order valence-corrected chi connectivity index (χ2v) is 4.02. The van der Waals surface area contributed by atoms with E-state index in [9.17, 15) is 4.79 Å². The third-order valence-corrected chi connectivity index (χ3v) is 2.60. The van der Waals surface area contributed by atoms with Gasteiger partial charge in [-0.3, -0.25) is 4.79 Å². The number of ketones is 1. The van der Waals surface area contributed by atoms with Crippen molar-refractivity contribution in [2.75, 3.05) is 6.54 Å². The molecule has 0 saturated heterocycles. The van der Waals surface area contributed by atoms with Crippen LogP contribution in [-0.4, -0.2) is 18.5 Å². The summed E-state index contributed by atoms with van der Waals surface area (Å²) in [7, 11) is 0. The Morgan fingerprint density at radius 2 is 2.35 bits per heavy atom. The van der Waals surface area contributed by atoms with Gasteiger partial charge in [0.25, 0.3) is 0 Å². The molecule has 0 aliphatic rings. The summed E-state index contributed by atoms with van der Waals surface area (Å²) in [6.45, 7) is 6.30. The smallest absolute Gasteiger partial charge is 0.185 e. The monoisotopic (exact) mass is 271 g/mol. The number of nitrogens with one attached hydrogen (secondary N) is 1. The summed E-state index contributed by atoms with van der Waals surface area (Å²) in [6.07, 6.45) is 4.83. The molecule has 0 radical (unpaired) electrons. The Balaban J connectivity index is 3.03. The predicted molar refractivity (Wildman–Crippen MR) is 80.3 cm³/mol. The molecule has 0 unspecified atom stereocenters. The van der Waals surface area contributed by atoms with Crippen LogP contribution in [0.25, 0.3) is 10.4 Å². The third-order valence-electron chi connectivity index (χ3n) is 2.60. The van der Waals surface area contributed by atoms with Crippen molar-refractivity contribution in [1.29, 1.82) is 0 Å². The largest absolute Gasteiger partial charge is 0.310 e. The lowest BCUT2D eigenvalue weighted by Gasteiger charge is -2.05. The molecule has 0 saturated carbocycles. The number of hydrazone groups is 1. The van der Waals surface area contributed by atoms with Gasteiger partial charge in [0.2, 0.25) is 0 Å². The number of allylic oxidation sites excluding steroid dienone is 1. The van der Waals surface area contributed by atoms with Gasteiger partial charge in [-0.05, 0) is 18.0 Å². The minimum Gasteiger partial charge on any atom is -0.310 e. The number of rotatable bonds is 8. The molecule has 1 N–H and O–H groups in total. The van der Waals surface area contributed by atoms with Gasteiger partial charge in [0.15, 0.2) is 5.78 Å². The van der Waals surface area contributed by atoms with Crippen LogP contribution in [0.3, 0.4) is 0 Å². The lowest BCUT2D eigenvalue weighted by Crippen LogP contribution is -2.07. The van der Waals surface area contributed by atoms with Gasteiger partial charge in [-0.25, -0.2) is 0 Å². The molecule has 1 aromatic rings. The molecule has 0 aromatic heterocycles. The fourth-order valence-electron chi connectivity index (χ4n) is 1.57. The molecular formula is C14H17N5O. The Bertz CT molecular complexity index is 559. The van der Waals surface area contributed by atoms with Gasteiger partial charge in [0.05, 0.1) is 11.9 Å². The lowest BCUT2D eigenvalue weighted by molar-refractivity contribution is 0.104. The molecule has 0 fully saturated rings. The number of nitrogens with zero attached hydrogens (tertiary/aromatic N) is 4. The number of hydrogen-bond donors (Lipinski definition) is 1. The van der Waals surface area contributed by atoms with Crippen LogP contribution in [0.2, 0.25) is 0 Å². The average Bonchev–Trinajstić information content (AvgIpc) is 2.47. The van der Waals surface area contributed by atoms with Crippen LogP contribution in [-0.2, 0) is 0 Å². The number of azide groups is 1. The maximum absolute atomic E-state index is 11.7. The van der Waals surface area contributed by atoms with E-state index >= 15 is 0 Å². The molecule has 0 heterocycles. The van der Waals surface area contributed by atoms with Gasteiger partial charge in [0.1, 0.15) is 0 Å². The molecule has 0 aliphatic heterocycles. The first-order valence-corrected chi connectivity index (χ1v) is 6.35. The Kier molecular flexibility index (Phi) is 6.57. The van der Waals surface area contributed by atoms with Crippen molar-refractivity contribution in [2.45, 2.75) is 19.8 Å². The Morgan fingerprint density at radius 3 is 3.00 bits per heavy atom. The molecule has 0 atom stereocenters. The van der Waals surface area contributed by atoms with Crippen molar-refractivity contribution in [3.8, 4) is 0 Å². The van der Waals surface area contributed by atoms with E-state index in [0.717, 1.165) is 19.4 Å². The molecule has 6 heteroatoms. The van der Waals surface area contributed by atoms with Crippen molar-refractivity contribution >= 4 is 17.7 Å².